The second-order valence-electron chi connectivity index (χ2n) is 8.67. The third kappa shape index (κ3) is 4.81. The second kappa shape index (κ2) is 9.87. The van der Waals surface area contributed by atoms with Gasteiger partial charge in [0.25, 0.3) is 5.78 Å². The number of benzene rings is 3. The van der Waals surface area contributed by atoms with E-state index in [1.807, 2.05) is 31.2 Å². The Morgan fingerprint density at radius 3 is 2.43 bits per heavy atom. The molecule has 2 N–H and O–H groups in total. The fourth-order valence-electron chi connectivity index (χ4n) is 4.26. The number of carbonyl (C=O) groups excluding carboxylic acids is 2. The number of nitrogens with zero attached hydrogens (tertiary/aromatic N) is 3. The van der Waals surface area contributed by atoms with Crippen molar-refractivity contribution in [1.82, 2.24) is 10.2 Å². The van der Waals surface area contributed by atoms with E-state index in [1.165, 1.54) is 17.0 Å². The maximum atomic E-state index is 13.2. The molecule has 186 valence electrons. The predicted octanol–water partition coefficient (Wildman–Crippen LogP) is 5.07. The van der Waals surface area contributed by atoms with Crippen molar-refractivity contribution in [3.8, 4) is 11.5 Å². The average Bonchev–Trinajstić information content (AvgIpc) is 3.43. The van der Waals surface area contributed by atoms with Crippen LogP contribution in [0.5, 0.6) is 11.5 Å². The van der Waals surface area contributed by atoms with Crippen LogP contribution in [0.3, 0.4) is 0 Å². The monoisotopic (exact) mass is 513 g/mol. The quantitative estimate of drug-likeness (QED) is 0.210. The number of carbonyl (C=O) groups is 2. The molecule has 0 radical (unpaired) electrons. The first kappa shape index (κ1) is 24.2. The summed E-state index contributed by atoms with van der Waals surface area (Å²) in [6.45, 7) is 4.14. The first-order chi connectivity index (χ1) is 17.8. The molecular weight excluding hydrogens is 490 g/mol. The van der Waals surface area contributed by atoms with Gasteiger partial charge in [-0.15, -0.1) is 10.2 Å². The number of aryl methyl sites for hydroxylation is 2. The molecule has 1 atom stereocenters. The number of Topliss-reactive ketones (excluding diaryl/α,β-unsaturated/α-hetero) is 1. The number of ketones is 1. The highest BCUT2D eigenvalue weighted by atomic mass is 32.1. The Hall–Kier alpha value is -4.50. The lowest BCUT2D eigenvalue weighted by molar-refractivity contribution is -0.132. The molecule has 0 spiro atoms. The molecule has 0 aliphatic carbocycles. The van der Waals surface area contributed by atoms with Crippen LogP contribution in [0.25, 0.3) is 5.76 Å². The molecule has 0 saturated carbocycles. The standard InChI is InChI=1S/C28H23N3O5S/c1-16-5-3-6-18(13-16)15-36-22-11-9-19(10-12-22)25(33)23-24(20-7-4-8-21(32)14-20)31(27(35)26(23)34)28-30-29-17(2)37-28/h3-14,24,32-33H,15H2,1-2H3/b25-23+. The van der Waals surface area contributed by atoms with E-state index in [0.717, 1.165) is 22.5 Å². The number of phenolic OH excluding ortho intramolecular Hbond substituents is 1. The maximum absolute atomic E-state index is 13.2. The van der Waals surface area contributed by atoms with Gasteiger partial charge in [-0.3, -0.25) is 14.5 Å². The van der Waals surface area contributed by atoms with Crippen molar-refractivity contribution in [3.05, 3.63) is 106 Å². The molecule has 1 amide bonds. The molecule has 1 unspecified atom stereocenters. The van der Waals surface area contributed by atoms with E-state index in [2.05, 4.69) is 10.2 Å². The molecule has 4 aromatic rings. The number of amides is 1. The lowest BCUT2D eigenvalue weighted by Gasteiger charge is -2.22. The van der Waals surface area contributed by atoms with Gasteiger partial charge in [0.05, 0.1) is 11.6 Å². The summed E-state index contributed by atoms with van der Waals surface area (Å²) in [6, 6.07) is 19.9. The molecular formula is C28H23N3O5S. The summed E-state index contributed by atoms with van der Waals surface area (Å²) in [5, 5.41) is 30.2. The highest BCUT2D eigenvalue weighted by Crippen LogP contribution is 2.43. The number of aliphatic hydroxyl groups is 1. The van der Waals surface area contributed by atoms with Crippen LogP contribution in [-0.4, -0.2) is 32.1 Å². The molecule has 0 bridgehead atoms. The Morgan fingerprint density at radius 1 is 1.00 bits per heavy atom. The average molecular weight is 514 g/mol. The molecule has 1 aromatic heterocycles. The Kier molecular flexibility index (Phi) is 6.45. The Morgan fingerprint density at radius 2 is 1.76 bits per heavy atom. The molecule has 1 fully saturated rings. The molecule has 2 heterocycles. The van der Waals surface area contributed by atoms with Gasteiger partial charge in [-0.1, -0.05) is 53.3 Å². The van der Waals surface area contributed by atoms with Gasteiger partial charge in [0.2, 0.25) is 5.13 Å². The third-order valence-electron chi connectivity index (χ3n) is 5.97. The van der Waals surface area contributed by atoms with E-state index < -0.39 is 17.7 Å². The summed E-state index contributed by atoms with van der Waals surface area (Å²) < 4.78 is 5.86. The Labute approximate surface area is 217 Å². The number of hydrogen-bond acceptors (Lipinski definition) is 8. The lowest BCUT2D eigenvalue weighted by atomic mass is 9.95. The molecule has 1 saturated heterocycles. The zero-order valence-electron chi connectivity index (χ0n) is 20.1. The summed E-state index contributed by atoms with van der Waals surface area (Å²) in [4.78, 5) is 27.5. The number of aromatic hydroxyl groups is 1. The fourth-order valence-corrected chi connectivity index (χ4v) is 4.97. The van der Waals surface area contributed by atoms with Crippen LogP contribution in [0.4, 0.5) is 5.13 Å². The zero-order chi connectivity index (χ0) is 26.1. The maximum Gasteiger partial charge on any atom is 0.301 e. The van der Waals surface area contributed by atoms with Gasteiger partial charge in [-0.2, -0.15) is 0 Å². The van der Waals surface area contributed by atoms with Gasteiger partial charge in [0.15, 0.2) is 0 Å². The summed E-state index contributed by atoms with van der Waals surface area (Å²) in [6.07, 6.45) is 0. The van der Waals surface area contributed by atoms with Crippen molar-refractivity contribution in [3.63, 3.8) is 0 Å². The molecule has 1 aliphatic heterocycles. The Bertz CT molecular complexity index is 1530. The van der Waals surface area contributed by atoms with Crippen molar-refractivity contribution in [2.75, 3.05) is 4.90 Å². The topological polar surface area (TPSA) is 113 Å². The van der Waals surface area contributed by atoms with Crippen LogP contribution in [0.15, 0.2) is 78.4 Å². The van der Waals surface area contributed by atoms with Crippen LogP contribution in [0.1, 0.15) is 33.3 Å². The third-order valence-corrected chi connectivity index (χ3v) is 6.81. The van der Waals surface area contributed by atoms with Gasteiger partial charge < -0.3 is 14.9 Å². The lowest BCUT2D eigenvalue weighted by Crippen LogP contribution is -2.29. The minimum absolute atomic E-state index is 0.0355. The molecule has 3 aromatic carbocycles. The minimum atomic E-state index is -0.989. The van der Waals surface area contributed by atoms with Crippen LogP contribution in [0.2, 0.25) is 0 Å². The first-order valence-corrected chi connectivity index (χ1v) is 12.3. The molecule has 1 aliphatic rings. The van der Waals surface area contributed by atoms with Crippen molar-refractivity contribution >= 4 is 33.9 Å². The van der Waals surface area contributed by atoms with Crippen LogP contribution >= 0.6 is 11.3 Å². The minimum Gasteiger partial charge on any atom is -0.508 e. The zero-order valence-corrected chi connectivity index (χ0v) is 20.9. The van der Waals surface area contributed by atoms with Gasteiger partial charge >= 0.3 is 5.91 Å². The number of anilines is 1. The molecule has 9 heteroatoms. The highest BCUT2D eigenvalue weighted by molar-refractivity contribution is 7.15. The number of phenols is 1. The van der Waals surface area contributed by atoms with E-state index in [0.29, 0.717) is 28.5 Å². The van der Waals surface area contributed by atoms with Crippen LogP contribution < -0.4 is 9.64 Å². The normalized spacial score (nSPS) is 16.8. The predicted molar refractivity (Wildman–Crippen MR) is 139 cm³/mol. The van der Waals surface area contributed by atoms with E-state index >= 15 is 0 Å². The molecule has 8 nitrogen and oxygen atoms in total. The number of aliphatic hydroxyl groups excluding tert-OH is 1. The summed E-state index contributed by atoms with van der Waals surface area (Å²) in [7, 11) is 0. The van der Waals surface area contributed by atoms with E-state index in [4.69, 9.17) is 4.74 Å². The highest BCUT2D eigenvalue weighted by Gasteiger charge is 2.48. The first-order valence-electron chi connectivity index (χ1n) is 11.5. The van der Waals surface area contributed by atoms with Crippen molar-refractivity contribution in [2.24, 2.45) is 0 Å². The van der Waals surface area contributed by atoms with Crippen molar-refractivity contribution in [1.29, 1.82) is 0 Å². The largest absolute Gasteiger partial charge is 0.508 e. The van der Waals surface area contributed by atoms with E-state index in [-0.39, 0.29) is 22.2 Å². The van der Waals surface area contributed by atoms with E-state index in [9.17, 15) is 19.8 Å². The SMILES string of the molecule is Cc1cccc(COc2ccc(/C(O)=C3\C(=O)C(=O)N(c4nnc(C)s4)C3c3cccc(O)c3)cc2)c1. The van der Waals surface area contributed by atoms with Crippen molar-refractivity contribution in [2.45, 2.75) is 26.5 Å². The number of rotatable bonds is 6. The molecule has 5 rings (SSSR count). The number of aromatic nitrogens is 2. The van der Waals surface area contributed by atoms with Gasteiger partial charge in [-0.25, -0.2) is 0 Å². The summed E-state index contributed by atoms with van der Waals surface area (Å²) >= 11 is 1.16. The van der Waals surface area contributed by atoms with Gasteiger partial charge in [-0.05, 0) is 61.4 Å². The van der Waals surface area contributed by atoms with Crippen molar-refractivity contribution < 1.29 is 24.5 Å². The molecule has 37 heavy (non-hydrogen) atoms. The van der Waals surface area contributed by atoms with Gasteiger partial charge in [0, 0.05) is 5.56 Å². The fraction of sp³-hybridized carbons (Fsp3) is 0.143. The van der Waals surface area contributed by atoms with Gasteiger partial charge in [0.1, 0.15) is 28.9 Å². The summed E-state index contributed by atoms with van der Waals surface area (Å²) in [5.74, 6) is -1.46. The van der Waals surface area contributed by atoms with E-state index in [1.54, 1.807) is 43.3 Å². The summed E-state index contributed by atoms with van der Waals surface area (Å²) in [5.41, 5.74) is 2.87. The second-order valence-corrected chi connectivity index (χ2v) is 9.83. The number of hydrogen-bond donors (Lipinski definition) is 2. The smallest absolute Gasteiger partial charge is 0.301 e. The van der Waals surface area contributed by atoms with Crippen LogP contribution in [-0.2, 0) is 16.2 Å². The Balaban J connectivity index is 1.50. The van der Waals surface area contributed by atoms with Crippen LogP contribution in [0, 0.1) is 13.8 Å². The number of ether oxygens (including phenoxy) is 1.